The van der Waals surface area contributed by atoms with E-state index in [0.29, 0.717) is 28.6 Å². The molecule has 1 aliphatic carbocycles. The maximum atomic E-state index is 13.0. The van der Waals surface area contributed by atoms with E-state index in [9.17, 15) is 14.9 Å². The molecule has 1 fully saturated rings. The van der Waals surface area contributed by atoms with E-state index in [2.05, 4.69) is 28.1 Å². The van der Waals surface area contributed by atoms with Crippen molar-refractivity contribution in [2.24, 2.45) is 0 Å². The first-order valence-electron chi connectivity index (χ1n) is 12.1. The highest BCUT2D eigenvalue weighted by Gasteiger charge is 2.30. The summed E-state index contributed by atoms with van der Waals surface area (Å²) in [7, 11) is 0. The minimum atomic E-state index is -0.448. The van der Waals surface area contributed by atoms with E-state index in [4.69, 9.17) is 0 Å². The Balaban J connectivity index is 1.45. The molecule has 0 radical (unpaired) electrons. The first kappa shape index (κ1) is 22.8. The molecule has 178 valence electrons. The Morgan fingerprint density at radius 1 is 0.971 bits per heavy atom. The summed E-state index contributed by atoms with van der Waals surface area (Å²) in [6, 6.07) is 22.7. The van der Waals surface area contributed by atoms with Gasteiger partial charge < -0.3 is 16.0 Å². The molecule has 2 aliphatic rings. The maximum Gasteiger partial charge on any atom is 0.270 e. The second kappa shape index (κ2) is 10.1. The van der Waals surface area contributed by atoms with Gasteiger partial charge in [0.2, 0.25) is 0 Å². The number of nitrogens with one attached hydrogen (secondary N) is 3. The zero-order valence-electron chi connectivity index (χ0n) is 19.4. The van der Waals surface area contributed by atoms with Crippen molar-refractivity contribution in [1.82, 2.24) is 5.32 Å². The number of non-ortho nitro benzene ring substituents is 1. The Morgan fingerprint density at radius 3 is 2.43 bits per heavy atom. The molecule has 0 aromatic heterocycles. The number of benzene rings is 3. The molecular formula is C28H28N4O3. The molecule has 0 atom stereocenters. The van der Waals surface area contributed by atoms with Crippen LogP contribution in [0, 0.1) is 10.1 Å². The fourth-order valence-electron chi connectivity index (χ4n) is 4.82. The smallest absolute Gasteiger partial charge is 0.270 e. The Hall–Kier alpha value is -3.97. The Morgan fingerprint density at radius 2 is 1.71 bits per heavy atom. The summed E-state index contributed by atoms with van der Waals surface area (Å²) in [5, 5.41) is 21.3. The minimum Gasteiger partial charge on any atom is -0.354 e. The molecular weight excluding hydrogens is 440 g/mol. The Labute approximate surface area is 204 Å². The van der Waals surface area contributed by atoms with Crippen LogP contribution in [-0.4, -0.2) is 16.9 Å². The SMILES string of the molecule is O=C1Nc2ccc([N+](=O)[O-])cc2/C1=C(/Nc1ccc(CNC2CCCCC2)cc1)c1ccccc1. The molecule has 1 amide bonds. The van der Waals surface area contributed by atoms with Gasteiger partial charge in [0.15, 0.2) is 0 Å². The van der Waals surface area contributed by atoms with E-state index >= 15 is 0 Å². The molecule has 1 heterocycles. The molecule has 3 aromatic carbocycles. The molecule has 7 nitrogen and oxygen atoms in total. The number of amides is 1. The lowest BCUT2D eigenvalue weighted by atomic mass is 9.95. The van der Waals surface area contributed by atoms with Gasteiger partial charge in [0.05, 0.1) is 16.2 Å². The lowest BCUT2D eigenvalue weighted by molar-refractivity contribution is -0.384. The molecule has 1 aliphatic heterocycles. The van der Waals surface area contributed by atoms with Crippen LogP contribution in [0.2, 0.25) is 0 Å². The lowest BCUT2D eigenvalue weighted by Gasteiger charge is -2.23. The number of hydrogen-bond donors (Lipinski definition) is 3. The quantitative estimate of drug-likeness (QED) is 0.226. The number of nitrogens with zero attached hydrogens (tertiary/aromatic N) is 1. The number of nitro groups is 1. The third-order valence-electron chi connectivity index (χ3n) is 6.69. The molecule has 35 heavy (non-hydrogen) atoms. The molecule has 0 unspecified atom stereocenters. The van der Waals surface area contributed by atoms with Crippen molar-refractivity contribution in [3.63, 3.8) is 0 Å². The normalized spacial score (nSPS) is 17.0. The second-order valence-corrected chi connectivity index (χ2v) is 9.09. The third kappa shape index (κ3) is 5.10. The molecule has 0 saturated heterocycles. The van der Waals surface area contributed by atoms with Crippen molar-refractivity contribution in [1.29, 1.82) is 0 Å². The van der Waals surface area contributed by atoms with Crippen molar-refractivity contribution >= 4 is 34.2 Å². The summed E-state index contributed by atoms with van der Waals surface area (Å²) >= 11 is 0. The average molecular weight is 469 g/mol. The van der Waals surface area contributed by atoms with Gasteiger partial charge >= 0.3 is 0 Å². The summed E-state index contributed by atoms with van der Waals surface area (Å²) in [4.78, 5) is 23.9. The van der Waals surface area contributed by atoms with Crippen LogP contribution >= 0.6 is 0 Å². The standard InChI is InChI=1S/C28H28N4O3/c33-28-26(24-17-23(32(34)35)15-16-25(24)31-28)27(20-7-3-1-4-8-20)30-22-13-11-19(12-14-22)18-29-21-9-5-2-6-10-21/h1,3-4,7-8,11-17,21,29-30H,2,5-6,9-10,18H2,(H,31,33)/b27-26-. The number of hydrogen-bond acceptors (Lipinski definition) is 5. The highest BCUT2D eigenvalue weighted by atomic mass is 16.6. The Bertz CT molecular complexity index is 1260. The molecule has 5 rings (SSSR count). The van der Waals surface area contributed by atoms with Gasteiger partial charge in [0, 0.05) is 41.7 Å². The average Bonchev–Trinajstić information content (AvgIpc) is 3.22. The van der Waals surface area contributed by atoms with Gasteiger partial charge in [-0.25, -0.2) is 0 Å². The fourth-order valence-corrected chi connectivity index (χ4v) is 4.82. The van der Waals surface area contributed by atoms with Crippen LogP contribution in [0.15, 0.2) is 72.8 Å². The van der Waals surface area contributed by atoms with E-state index in [0.717, 1.165) is 17.8 Å². The van der Waals surface area contributed by atoms with Crippen LogP contribution in [0.1, 0.15) is 48.8 Å². The first-order valence-corrected chi connectivity index (χ1v) is 12.1. The van der Waals surface area contributed by atoms with E-state index in [1.165, 1.54) is 49.8 Å². The van der Waals surface area contributed by atoms with Gasteiger partial charge in [-0.1, -0.05) is 61.7 Å². The zero-order valence-corrected chi connectivity index (χ0v) is 19.4. The molecule has 3 aromatic rings. The first-order chi connectivity index (χ1) is 17.1. The summed E-state index contributed by atoms with van der Waals surface area (Å²) in [5.41, 5.74) is 4.88. The number of rotatable bonds is 7. The van der Waals surface area contributed by atoms with Gasteiger partial charge in [0.1, 0.15) is 0 Å². The number of nitro benzene ring substituents is 1. The van der Waals surface area contributed by atoms with Crippen molar-refractivity contribution in [3.05, 3.63) is 99.6 Å². The van der Waals surface area contributed by atoms with Crippen molar-refractivity contribution in [2.45, 2.75) is 44.7 Å². The summed E-state index contributed by atoms with van der Waals surface area (Å²) in [5.74, 6) is -0.292. The topological polar surface area (TPSA) is 96.3 Å². The van der Waals surface area contributed by atoms with Crippen LogP contribution in [0.3, 0.4) is 0 Å². The van der Waals surface area contributed by atoms with E-state index in [1.807, 2.05) is 42.5 Å². The van der Waals surface area contributed by atoms with E-state index < -0.39 is 4.92 Å². The highest BCUT2D eigenvalue weighted by Crippen LogP contribution is 2.39. The molecule has 0 spiro atoms. The van der Waals surface area contributed by atoms with Gasteiger partial charge in [-0.05, 0) is 42.2 Å². The summed E-state index contributed by atoms with van der Waals surface area (Å²) in [6.07, 6.45) is 6.44. The monoisotopic (exact) mass is 468 g/mol. The van der Waals surface area contributed by atoms with Crippen LogP contribution in [0.25, 0.3) is 11.3 Å². The lowest BCUT2D eigenvalue weighted by Crippen LogP contribution is -2.30. The van der Waals surface area contributed by atoms with Crippen molar-refractivity contribution in [3.8, 4) is 0 Å². The number of carbonyl (C=O) groups excluding carboxylic acids is 1. The van der Waals surface area contributed by atoms with Crippen LogP contribution in [-0.2, 0) is 11.3 Å². The summed E-state index contributed by atoms with van der Waals surface area (Å²) < 4.78 is 0. The van der Waals surface area contributed by atoms with Crippen LogP contribution in [0.5, 0.6) is 0 Å². The Kier molecular flexibility index (Phi) is 6.59. The third-order valence-corrected chi connectivity index (χ3v) is 6.69. The van der Waals surface area contributed by atoms with Gasteiger partial charge in [-0.15, -0.1) is 0 Å². The molecule has 7 heteroatoms. The maximum absolute atomic E-state index is 13.0. The largest absolute Gasteiger partial charge is 0.354 e. The van der Waals surface area contributed by atoms with Crippen molar-refractivity contribution in [2.75, 3.05) is 10.6 Å². The molecule has 1 saturated carbocycles. The van der Waals surface area contributed by atoms with Gasteiger partial charge in [-0.3, -0.25) is 14.9 Å². The van der Waals surface area contributed by atoms with Crippen molar-refractivity contribution < 1.29 is 9.72 Å². The minimum absolute atomic E-state index is 0.0556. The highest BCUT2D eigenvalue weighted by molar-refractivity contribution is 6.37. The van der Waals surface area contributed by atoms with E-state index in [-0.39, 0.29) is 11.6 Å². The number of anilines is 2. The van der Waals surface area contributed by atoms with Gasteiger partial charge in [-0.2, -0.15) is 0 Å². The predicted octanol–water partition coefficient (Wildman–Crippen LogP) is 5.95. The molecule has 3 N–H and O–H groups in total. The number of carbonyl (C=O) groups is 1. The van der Waals surface area contributed by atoms with Crippen LogP contribution < -0.4 is 16.0 Å². The predicted molar refractivity (Wildman–Crippen MR) is 139 cm³/mol. The van der Waals surface area contributed by atoms with Crippen LogP contribution in [0.4, 0.5) is 17.1 Å². The molecule has 0 bridgehead atoms. The summed E-state index contributed by atoms with van der Waals surface area (Å²) in [6.45, 7) is 0.830. The van der Waals surface area contributed by atoms with Gasteiger partial charge in [0.25, 0.3) is 11.6 Å². The van der Waals surface area contributed by atoms with E-state index in [1.54, 1.807) is 6.07 Å². The zero-order chi connectivity index (χ0) is 24.2. The number of fused-ring (bicyclic) bond motifs is 1. The second-order valence-electron chi connectivity index (χ2n) is 9.09. The fraction of sp³-hybridized carbons (Fsp3) is 0.250.